The highest BCUT2D eigenvalue weighted by molar-refractivity contribution is 7.17. The smallest absolute Gasteiger partial charge is 0.356 e. The van der Waals surface area contributed by atoms with Gasteiger partial charge in [-0.2, -0.15) is 0 Å². The van der Waals surface area contributed by atoms with Gasteiger partial charge in [-0.05, 0) is 11.4 Å². The molecule has 0 aliphatic carbocycles. The molecule has 0 atom stereocenters. The Balaban J connectivity index is 1.96. The van der Waals surface area contributed by atoms with E-state index in [-0.39, 0.29) is 17.8 Å². The fourth-order valence-corrected chi connectivity index (χ4v) is 2.45. The summed E-state index contributed by atoms with van der Waals surface area (Å²) < 4.78 is 2.14. The molecule has 0 saturated heterocycles. The maximum atomic E-state index is 11.8. The molecule has 0 amide bonds. The summed E-state index contributed by atoms with van der Waals surface area (Å²) in [4.78, 5) is 33.2. The minimum absolute atomic E-state index is 0.0426. The zero-order valence-electron chi connectivity index (χ0n) is 9.53. The van der Waals surface area contributed by atoms with Gasteiger partial charge >= 0.3 is 5.97 Å². The average molecular weight is 276 g/mol. The largest absolute Gasteiger partial charge is 0.476 e. The second-order valence-corrected chi connectivity index (χ2v) is 4.80. The molecule has 0 fully saturated rings. The highest BCUT2D eigenvalue weighted by atomic mass is 32.1. The molecule has 3 aromatic heterocycles. The van der Waals surface area contributed by atoms with Gasteiger partial charge in [0.05, 0.1) is 18.4 Å². The van der Waals surface area contributed by atoms with Crippen LogP contribution in [0.5, 0.6) is 0 Å². The Bertz CT molecular complexity index is 817. The molecule has 19 heavy (non-hydrogen) atoms. The number of carbonyl (C=O) groups is 1. The van der Waals surface area contributed by atoms with E-state index in [9.17, 15) is 9.59 Å². The molecular weight excluding hydrogens is 268 g/mol. The molecular formula is C11H8N4O3S. The van der Waals surface area contributed by atoms with E-state index in [0.29, 0.717) is 16.0 Å². The van der Waals surface area contributed by atoms with Crippen molar-refractivity contribution in [2.24, 2.45) is 0 Å². The number of aromatic carboxylic acids is 1. The van der Waals surface area contributed by atoms with Gasteiger partial charge in [-0.25, -0.2) is 14.8 Å². The number of hydrogen-bond acceptors (Lipinski definition) is 5. The molecule has 3 aromatic rings. The van der Waals surface area contributed by atoms with E-state index in [2.05, 4.69) is 15.0 Å². The van der Waals surface area contributed by atoms with Gasteiger partial charge in [0, 0.05) is 6.20 Å². The Morgan fingerprint density at radius 1 is 1.53 bits per heavy atom. The van der Waals surface area contributed by atoms with Crippen LogP contribution in [0.15, 0.2) is 28.8 Å². The summed E-state index contributed by atoms with van der Waals surface area (Å²) in [5.74, 6) is -0.626. The molecule has 0 aliphatic heterocycles. The first kappa shape index (κ1) is 11.6. The molecule has 0 spiro atoms. The van der Waals surface area contributed by atoms with Gasteiger partial charge in [-0.3, -0.25) is 4.79 Å². The fraction of sp³-hybridized carbons (Fsp3) is 0.0909. The second-order valence-electron chi connectivity index (χ2n) is 3.88. The number of fused-ring (bicyclic) bond motifs is 1. The summed E-state index contributed by atoms with van der Waals surface area (Å²) in [5, 5.41) is 10.6. The first-order valence-electron chi connectivity index (χ1n) is 5.35. The quantitative estimate of drug-likeness (QED) is 0.741. The number of imidazole rings is 1. The molecule has 3 rings (SSSR count). The van der Waals surface area contributed by atoms with Crippen molar-refractivity contribution in [1.29, 1.82) is 0 Å². The van der Waals surface area contributed by atoms with E-state index in [1.165, 1.54) is 23.9 Å². The lowest BCUT2D eigenvalue weighted by atomic mass is 10.4. The van der Waals surface area contributed by atoms with Crippen molar-refractivity contribution in [3.05, 3.63) is 45.8 Å². The third-order valence-electron chi connectivity index (χ3n) is 2.55. The molecule has 0 bridgehead atoms. The number of H-pyrrole nitrogens is 1. The van der Waals surface area contributed by atoms with Gasteiger partial charge in [-0.1, -0.05) is 0 Å². The minimum atomic E-state index is -1.09. The first-order chi connectivity index (χ1) is 9.13. The van der Waals surface area contributed by atoms with E-state index in [1.807, 2.05) is 0 Å². The number of carboxylic acids is 1. The maximum absolute atomic E-state index is 11.8. The Morgan fingerprint density at radius 2 is 2.37 bits per heavy atom. The monoisotopic (exact) mass is 276 g/mol. The van der Waals surface area contributed by atoms with Crippen molar-refractivity contribution < 1.29 is 9.90 Å². The van der Waals surface area contributed by atoms with Crippen LogP contribution < -0.4 is 5.56 Å². The standard InChI is InChI=1S/C11H8N4O3S/c16-10-9-6(1-2-19-9)13-8(14-10)4-15-3-7(11(17)18)12-5-15/h1-3,5H,4H2,(H,17,18)(H,13,14,16). The number of thiophene rings is 1. The van der Waals surface area contributed by atoms with Crippen molar-refractivity contribution in [2.75, 3.05) is 0 Å². The summed E-state index contributed by atoms with van der Waals surface area (Å²) in [6.07, 6.45) is 2.78. The molecule has 3 heterocycles. The van der Waals surface area contributed by atoms with Crippen LogP contribution in [0.1, 0.15) is 16.3 Å². The maximum Gasteiger partial charge on any atom is 0.356 e. The van der Waals surface area contributed by atoms with Gasteiger partial charge < -0.3 is 14.7 Å². The highest BCUT2D eigenvalue weighted by Gasteiger charge is 2.09. The van der Waals surface area contributed by atoms with Crippen LogP contribution in [0.25, 0.3) is 10.2 Å². The van der Waals surface area contributed by atoms with Crippen molar-refractivity contribution >= 4 is 27.5 Å². The lowest BCUT2D eigenvalue weighted by molar-refractivity contribution is 0.0691. The predicted molar refractivity (Wildman–Crippen MR) is 68.5 cm³/mol. The van der Waals surface area contributed by atoms with Gasteiger partial charge in [0.15, 0.2) is 5.69 Å². The normalized spacial score (nSPS) is 10.9. The fourth-order valence-electron chi connectivity index (χ4n) is 1.73. The second kappa shape index (κ2) is 4.32. The van der Waals surface area contributed by atoms with Crippen molar-refractivity contribution in [1.82, 2.24) is 19.5 Å². The van der Waals surface area contributed by atoms with E-state index in [0.717, 1.165) is 0 Å². The van der Waals surface area contributed by atoms with Crippen LogP contribution in [0.3, 0.4) is 0 Å². The SMILES string of the molecule is O=C(O)c1cn(Cc2nc3ccsc3c(=O)[nH]2)cn1. The van der Waals surface area contributed by atoms with Crippen LogP contribution >= 0.6 is 11.3 Å². The van der Waals surface area contributed by atoms with Crippen LogP contribution in [0.4, 0.5) is 0 Å². The molecule has 0 aromatic carbocycles. The van der Waals surface area contributed by atoms with Gasteiger partial charge in [0.2, 0.25) is 0 Å². The molecule has 0 saturated carbocycles. The summed E-state index contributed by atoms with van der Waals surface area (Å²) in [5.41, 5.74) is 0.412. The van der Waals surface area contributed by atoms with Gasteiger partial charge in [0.1, 0.15) is 10.5 Å². The van der Waals surface area contributed by atoms with E-state index in [1.54, 1.807) is 16.0 Å². The number of hydrogen-bond donors (Lipinski definition) is 2. The molecule has 0 unspecified atom stereocenters. The number of carboxylic acid groups (broad SMARTS) is 1. The molecule has 7 nitrogen and oxygen atoms in total. The lowest BCUT2D eigenvalue weighted by Crippen LogP contribution is -2.12. The first-order valence-corrected chi connectivity index (χ1v) is 6.23. The van der Waals surface area contributed by atoms with E-state index < -0.39 is 5.97 Å². The Hall–Kier alpha value is -2.48. The topological polar surface area (TPSA) is 101 Å². The molecule has 0 aliphatic rings. The Kier molecular flexibility index (Phi) is 2.64. The van der Waals surface area contributed by atoms with Crippen molar-refractivity contribution in [3.63, 3.8) is 0 Å². The third kappa shape index (κ3) is 2.13. The zero-order chi connectivity index (χ0) is 13.4. The summed E-state index contributed by atoms with van der Waals surface area (Å²) in [6.45, 7) is 0.265. The summed E-state index contributed by atoms with van der Waals surface area (Å²) in [7, 11) is 0. The Morgan fingerprint density at radius 3 is 3.11 bits per heavy atom. The molecule has 2 N–H and O–H groups in total. The number of nitrogens with zero attached hydrogens (tertiary/aromatic N) is 3. The van der Waals surface area contributed by atoms with Crippen molar-refractivity contribution in [3.8, 4) is 0 Å². The minimum Gasteiger partial charge on any atom is -0.476 e. The third-order valence-corrected chi connectivity index (χ3v) is 3.45. The summed E-state index contributed by atoms with van der Waals surface area (Å²) >= 11 is 1.33. The molecule has 96 valence electrons. The van der Waals surface area contributed by atoms with Crippen LogP contribution in [0, 0.1) is 0 Å². The number of aromatic amines is 1. The number of aromatic nitrogens is 4. The molecule has 0 radical (unpaired) electrons. The number of rotatable bonds is 3. The van der Waals surface area contributed by atoms with Crippen LogP contribution in [-0.4, -0.2) is 30.6 Å². The van der Waals surface area contributed by atoms with Gasteiger partial charge in [-0.15, -0.1) is 11.3 Å². The van der Waals surface area contributed by atoms with Crippen LogP contribution in [-0.2, 0) is 6.54 Å². The van der Waals surface area contributed by atoms with Crippen molar-refractivity contribution in [2.45, 2.75) is 6.54 Å². The van der Waals surface area contributed by atoms with E-state index >= 15 is 0 Å². The highest BCUT2D eigenvalue weighted by Crippen LogP contribution is 2.13. The summed E-state index contributed by atoms with van der Waals surface area (Å²) in [6, 6.07) is 1.77. The zero-order valence-corrected chi connectivity index (χ0v) is 10.3. The predicted octanol–water partition coefficient (Wildman–Crippen LogP) is 0.928. The Labute approximate surface area is 110 Å². The van der Waals surface area contributed by atoms with Gasteiger partial charge in [0.25, 0.3) is 5.56 Å². The molecule has 8 heteroatoms. The lowest BCUT2D eigenvalue weighted by Gasteiger charge is -2.01. The average Bonchev–Trinajstić information content (AvgIpc) is 2.97. The van der Waals surface area contributed by atoms with Crippen LogP contribution in [0.2, 0.25) is 0 Å². The number of nitrogens with one attached hydrogen (secondary N) is 1. The van der Waals surface area contributed by atoms with E-state index in [4.69, 9.17) is 5.11 Å².